The van der Waals surface area contributed by atoms with Gasteiger partial charge in [0.1, 0.15) is 0 Å². The van der Waals surface area contributed by atoms with Gasteiger partial charge in [0.05, 0.1) is 25.8 Å². The number of aromatic nitrogens is 1. The van der Waals surface area contributed by atoms with E-state index in [2.05, 4.69) is 4.98 Å². The molecule has 1 fully saturated rings. The highest BCUT2D eigenvalue weighted by Crippen LogP contribution is 2.34. The molecule has 0 spiro atoms. The molecular formula is C23H26N2O7. The summed E-state index contributed by atoms with van der Waals surface area (Å²) in [7, 11) is 3.01. The maximum absolute atomic E-state index is 12.5. The van der Waals surface area contributed by atoms with Gasteiger partial charge in [-0.2, -0.15) is 0 Å². The zero-order chi connectivity index (χ0) is 23.6. The maximum atomic E-state index is 12.5. The molecule has 0 unspecified atom stereocenters. The number of benzene rings is 1. The summed E-state index contributed by atoms with van der Waals surface area (Å²) in [5.74, 6) is -1.13. The summed E-state index contributed by atoms with van der Waals surface area (Å²) in [6, 6.07) is 5.05. The molecule has 0 saturated carbocycles. The molecule has 32 heavy (non-hydrogen) atoms. The van der Waals surface area contributed by atoms with E-state index in [9.17, 15) is 19.2 Å². The standard InChI is InChI=1S/C23H26N2O7/c1-12-21(14(3)26)13(2)24-22(12)17(27)11-32-23(29)15-8-20(28)25(10-15)16-6-7-18(30-4)19(9-16)31-5/h6-7,9,15,24H,8,10-11H2,1-5H3/t15-/m1/s1. The van der Waals surface area contributed by atoms with Gasteiger partial charge in [-0.1, -0.05) is 0 Å². The minimum atomic E-state index is -0.692. The predicted molar refractivity (Wildman–Crippen MR) is 116 cm³/mol. The molecule has 0 radical (unpaired) electrons. The van der Waals surface area contributed by atoms with Crippen LogP contribution in [0.3, 0.4) is 0 Å². The number of anilines is 1. The molecule has 9 heteroatoms. The maximum Gasteiger partial charge on any atom is 0.311 e. The quantitative estimate of drug-likeness (QED) is 0.494. The Kier molecular flexibility index (Phi) is 6.67. The number of methoxy groups -OCH3 is 2. The second-order valence-corrected chi connectivity index (χ2v) is 7.66. The molecule has 1 amide bonds. The summed E-state index contributed by atoms with van der Waals surface area (Å²) in [6.45, 7) is 4.47. The molecular weight excluding hydrogens is 416 g/mol. The number of Topliss-reactive ketones (excluding diaryl/α,β-unsaturated/α-hetero) is 2. The van der Waals surface area contributed by atoms with Crippen molar-refractivity contribution < 1.29 is 33.4 Å². The number of rotatable bonds is 8. The molecule has 1 saturated heterocycles. The van der Waals surface area contributed by atoms with Crippen molar-refractivity contribution in [3.63, 3.8) is 0 Å². The van der Waals surface area contributed by atoms with Gasteiger partial charge in [-0.05, 0) is 38.5 Å². The van der Waals surface area contributed by atoms with Crippen LogP contribution in [0, 0.1) is 19.8 Å². The van der Waals surface area contributed by atoms with Gasteiger partial charge in [0.15, 0.2) is 23.9 Å². The van der Waals surface area contributed by atoms with Crippen LogP contribution in [0.1, 0.15) is 45.4 Å². The first-order valence-corrected chi connectivity index (χ1v) is 10.1. The third-order valence-corrected chi connectivity index (χ3v) is 5.55. The van der Waals surface area contributed by atoms with Crippen molar-refractivity contribution in [1.82, 2.24) is 4.98 Å². The number of aryl methyl sites for hydroxylation is 1. The number of hydrogen-bond donors (Lipinski definition) is 1. The van der Waals surface area contributed by atoms with Crippen LogP contribution in [0.5, 0.6) is 11.5 Å². The molecule has 9 nitrogen and oxygen atoms in total. The van der Waals surface area contributed by atoms with Crippen LogP contribution in [0.2, 0.25) is 0 Å². The molecule has 2 aromatic rings. The third-order valence-electron chi connectivity index (χ3n) is 5.55. The summed E-state index contributed by atoms with van der Waals surface area (Å²) < 4.78 is 15.7. The van der Waals surface area contributed by atoms with Crippen molar-refractivity contribution in [3.8, 4) is 11.5 Å². The molecule has 2 heterocycles. The van der Waals surface area contributed by atoms with E-state index in [-0.39, 0.29) is 30.3 Å². The summed E-state index contributed by atoms with van der Waals surface area (Å²) >= 11 is 0. The van der Waals surface area contributed by atoms with Crippen LogP contribution in [-0.4, -0.2) is 55.8 Å². The smallest absolute Gasteiger partial charge is 0.311 e. The lowest BCUT2D eigenvalue weighted by Gasteiger charge is -2.18. The van der Waals surface area contributed by atoms with Crippen molar-refractivity contribution >= 4 is 29.1 Å². The van der Waals surface area contributed by atoms with Crippen molar-refractivity contribution in [1.29, 1.82) is 0 Å². The van der Waals surface area contributed by atoms with Gasteiger partial charge < -0.3 is 24.1 Å². The van der Waals surface area contributed by atoms with E-state index in [4.69, 9.17) is 14.2 Å². The molecule has 0 aliphatic carbocycles. The molecule has 3 rings (SSSR count). The molecule has 1 aliphatic rings. The Morgan fingerprint density at radius 3 is 2.41 bits per heavy atom. The second kappa shape index (κ2) is 9.25. The molecule has 1 atom stereocenters. The lowest BCUT2D eigenvalue weighted by molar-refractivity contribution is -0.147. The van der Waals surface area contributed by atoms with E-state index in [1.807, 2.05) is 0 Å². The molecule has 1 aliphatic heterocycles. The van der Waals surface area contributed by atoms with Crippen LogP contribution in [0.4, 0.5) is 5.69 Å². The van der Waals surface area contributed by atoms with Crippen molar-refractivity contribution in [3.05, 3.63) is 40.7 Å². The lowest BCUT2D eigenvalue weighted by atomic mass is 10.1. The Hall–Kier alpha value is -3.62. The van der Waals surface area contributed by atoms with Gasteiger partial charge in [0.2, 0.25) is 11.7 Å². The number of carbonyl (C=O) groups excluding carboxylic acids is 4. The number of amides is 1. The van der Waals surface area contributed by atoms with E-state index in [1.54, 1.807) is 32.0 Å². The Balaban J connectivity index is 1.65. The number of hydrogen-bond acceptors (Lipinski definition) is 7. The van der Waals surface area contributed by atoms with Crippen LogP contribution in [-0.2, 0) is 14.3 Å². The fourth-order valence-electron chi connectivity index (χ4n) is 3.99. The zero-order valence-corrected chi connectivity index (χ0v) is 18.7. The summed E-state index contributed by atoms with van der Waals surface area (Å²) in [5, 5.41) is 0. The Bertz CT molecular complexity index is 1090. The second-order valence-electron chi connectivity index (χ2n) is 7.66. The average molecular weight is 442 g/mol. The molecule has 1 N–H and O–H groups in total. The van der Waals surface area contributed by atoms with E-state index < -0.39 is 24.3 Å². The zero-order valence-electron chi connectivity index (χ0n) is 18.7. The summed E-state index contributed by atoms with van der Waals surface area (Å²) in [6.07, 6.45) is -0.0174. The minimum Gasteiger partial charge on any atom is -0.493 e. The third kappa shape index (κ3) is 4.37. The number of esters is 1. The first kappa shape index (κ1) is 23.1. The van der Waals surface area contributed by atoms with Crippen molar-refractivity contribution in [2.45, 2.75) is 27.2 Å². The largest absolute Gasteiger partial charge is 0.493 e. The van der Waals surface area contributed by atoms with Gasteiger partial charge >= 0.3 is 5.97 Å². The molecule has 170 valence electrons. The Morgan fingerprint density at radius 1 is 1.12 bits per heavy atom. The highest BCUT2D eigenvalue weighted by Gasteiger charge is 2.37. The normalized spacial score (nSPS) is 15.6. The van der Waals surface area contributed by atoms with Crippen LogP contribution in [0.15, 0.2) is 18.2 Å². The number of nitrogens with zero attached hydrogens (tertiary/aromatic N) is 1. The van der Waals surface area contributed by atoms with Crippen LogP contribution in [0.25, 0.3) is 0 Å². The minimum absolute atomic E-state index is 0.0174. The average Bonchev–Trinajstić information content (AvgIpc) is 3.30. The first-order chi connectivity index (χ1) is 15.2. The van der Waals surface area contributed by atoms with E-state index in [0.717, 1.165) is 0 Å². The summed E-state index contributed by atoms with van der Waals surface area (Å²) in [4.78, 5) is 53.7. The SMILES string of the molecule is COc1ccc(N2C[C@H](C(=O)OCC(=O)c3[nH]c(C)c(C(C)=O)c3C)CC2=O)cc1OC. The van der Waals surface area contributed by atoms with E-state index >= 15 is 0 Å². The van der Waals surface area contributed by atoms with E-state index in [1.165, 1.54) is 26.0 Å². The molecule has 1 aromatic heterocycles. The highest BCUT2D eigenvalue weighted by atomic mass is 16.5. The predicted octanol–water partition coefficient (Wildman–Crippen LogP) is 2.63. The van der Waals surface area contributed by atoms with Crippen molar-refractivity contribution in [2.24, 2.45) is 5.92 Å². The first-order valence-electron chi connectivity index (χ1n) is 10.1. The molecule has 0 bridgehead atoms. The topological polar surface area (TPSA) is 115 Å². The van der Waals surface area contributed by atoms with E-state index in [0.29, 0.717) is 34.0 Å². The number of nitrogens with one attached hydrogen (secondary N) is 1. The molecule has 1 aromatic carbocycles. The van der Waals surface area contributed by atoms with Gasteiger partial charge in [-0.3, -0.25) is 19.2 Å². The van der Waals surface area contributed by atoms with Gasteiger partial charge in [0, 0.05) is 36.0 Å². The fourth-order valence-corrected chi connectivity index (χ4v) is 3.99. The highest BCUT2D eigenvalue weighted by molar-refractivity contribution is 6.04. The van der Waals surface area contributed by atoms with Gasteiger partial charge in [-0.25, -0.2) is 0 Å². The Labute approximate surface area is 185 Å². The number of ether oxygens (including phenoxy) is 3. The summed E-state index contributed by atoms with van der Waals surface area (Å²) in [5.41, 5.74) is 2.42. The fraction of sp³-hybridized carbons (Fsp3) is 0.391. The van der Waals surface area contributed by atoms with Crippen LogP contribution >= 0.6 is 0 Å². The number of ketones is 2. The number of H-pyrrole nitrogens is 1. The monoisotopic (exact) mass is 442 g/mol. The van der Waals surface area contributed by atoms with Gasteiger partial charge in [0.25, 0.3) is 0 Å². The number of carbonyl (C=O) groups is 4. The number of aromatic amines is 1. The van der Waals surface area contributed by atoms with Gasteiger partial charge in [-0.15, -0.1) is 0 Å². The Morgan fingerprint density at radius 2 is 1.81 bits per heavy atom. The van der Waals surface area contributed by atoms with Crippen LogP contribution < -0.4 is 14.4 Å². The van der Waals surface area contributed by atoms with Crippen molar-refractivity contribution in [2.75, 3.05) is 32.3 Å². The lowest BCUT2D eigenvalue weighted by Crippen LogP contribution is -2.27.